The van der Waals surface area contributed by atoms with Crippen LogP contribution in [0.1, 0.15) is 18.4 Å². The molecule has 96 valence electrons. The Labute approximate surface area is 113 Å². The summed E-state index contributed by atoms with van der Waals surface area (Å²) >= 11 is 5.38. The summed E-state index contributed by atoms with van der Waals surface area (Å²) in [6.45, 7) is 1.44. The standard InChI is InChI=1S/C14H17NO2S/c1-17-14(16)12-7-8-13(18)15(10-12)9-11-5-3-2-4-6-11/h2-6,12H,7-10H2,1H3. The number of methoxy groups -OCH3 is 1. The van der Waals surface area contributed by atoms with Gasteiger partial charge in [-0.15, -0.1) is 0 Å². The third kappa shape index (κ3) is 3.07. The van der Waals surface area contributed by atoms with Gasteiger partial charge in [-0.05, 0) is 18.4 Å². The Bertz CT molecular complexity index is 433. The quantitative estimate of drug-likeness (QED) is 0.618. The minimum absolute atomic E-state index is 0.0505. The summed E-state index contributed by atoms with van der Waals surface area (Å²) in [6, 6.07) is 10.2. The van der Waals surface area contributed by atoms with Crippen molar-refractivity contribution in [3.63, 3.8) is 0 Å². The number of ether oxygens (including phenoxy) is 1. The van der Waals surface area contributed by atoms with Crippen molar-refractivity contribution in [2.45, 2.75) is 19.4 Å². The van der Waals surface area contributed by atoms with Crippen molar-refractivity contribution in [2.75, 3.05) is 13.7 Å². The van der Waals surface area contributed by atoms with Gasteiger partial charge in [0.05, 0.1) is 18.0 Å². The first-order chi connectivity index (χ1) is 8.70. The van der Waals surface area contributed by atoms with Crippen molar-refractivity contribution < 1.29 is 9.53 Å². The van der Waals surface area contributed by atoms with Crippen LogP contribution in [0.25, 0.3) is 0 Å². The van der Waals surface area contributed by atoms with E-state index in [1.165, 1.54) is 12.7 Å². The van der Waals surface area contributed by atoms with E-state index >= 15 is 0 Å². The Morgan fingerprint density at radius 1 is 1.44 bits per heavy atom. The fourth-order valence-corrected chi connectivity index (χ4v) is 2.49. The van der Waals surface area contributed by atoms with Crippen molar-refractivity contribution in [3.05, 3.63) is 35.9 Å². The fraction of sp³-hybridized carbons (Fsp3) is 0.429. The molecule has 3 nitrogen and oxygen atoms in total. The van der Waals surface area contributed by atoms with Crippen LogP contribution < -0.4 is 0 Å². The third-order valence-electron chi connectivity index (χ3n) is 3.25. The highest BCUT2D eigenvalue weighted by atomic mass is 32.1. The van der Waals surface area contributed by atoms with Crippen LogP contribution in [0, 0.1) is 5.92 Å². The molecular weight excluding hydrogens is 246 g/mol. The van der Waals surface area contributed by atoms with Crippen LogP contribution >= 0.6 is 12.2 Å². The Morgan fingerprint density at radius 2 is 2.17 bits per heavy atom. The normalized spacial score (nSPS) is 19.7. The number of piperidine rings is 1. The monoisotopic (exact) mass is 263 g/mol. The minimum Gasteiger partial charge on any atom is -0.469 e. The van der Waals surface area contributed by atoms with E-state index in [9.17, 15) is 4.79 Å². The first-order valence-corrected chi connectivity index (χ1v) is 6.51. The van der Waals surface area contributed by atoms with E-state index in [0.717, 1.165) is 24.4 Å². The lowest BCUT2D eigenvalue weighted by Gasteiger charge is -2.33. The summed E-state index contributed by atoms with van der Waals surface area (Å²) in [5, 5.41) is 0. The zero-order chi connectivity index (χ0) is 13.0. The number of thiocarbonyl (C=S) groups is 1. The average molecular weight is 263 g/mol. The van der Waals surface area contributed by atoms with Gasteiger partial charge in [0, 0.05) is 13.1 Å². The van der Waals surface area contributed by atoms with Gasteiger partial charge in [-0.25, -0.2) is 0 Å². The molecule has 0 aromatic heterocycles. The van der Waals surface area contributed by atoms with Crippen molar-refractivity contribution in [2.24, 2.45) is 5.92 Å². The van der Waals surface area contributed by atoms with Gasteiger partial charge in [0.2, 0.25) is 0 Å². The van der Waals surface area contributed by atoms with E-state index in [4.69, 9.17) is 17.0 Å². The maximum atomic E-state index is 11.6. The van der Waals surface area contributed by atoms with Crippen LogP contribution in [0.2, 0.25) is 0 Å². The second-order valence-electron chi connectivity index (χ2n) is 4.52. The van der Waals surface area contributed by atoms with Crippen LogP contribution in [-0.4, -0.2) is 29.5 Å². The molecule has 1 aromatic carbocycles. The van der Waals surface area contributed by atoms with E-state index < -0.39 is 0 Å². The summed E-state index contributed by atoms with van der Waals surface area (Å²) in [7, 11) is 1.44. The number of carbonyl (C=O) groups excluding carboxylic acids is 1. The van der Waals surface area contributed by atoms with Crippen LogP contribution in [0.4, 0.5) is 0 Å². The van der Waals surface area contributed by atoms with Gasteiger partial charge in [0.1, 0.15) is 0 Å². The molecule has 1 fully saturated rings. The number of rotatable bonds is 3. The largest absolute Gasteiger partial charge is 0.469 e. The van der Waals surface area contributed by atoms with E-state index in [1.807, 2.05) is 18.2 Å². The summed E-state index contributed by atoms with van der Waals surface area (Å²) in [4.78, 5) is 14.6. The molecule has 0 bridgehead atoms. The predicted octanol–water partition coefficient (Wildman–Crippen LogP) is 2.40. The number of nitrogens with zero attached hydrogens (tertiary/aromatic N) is 1. The Morgan fingerprint density at radius 3 is 2.83 bits per heavy atom. The lowest BCUT2D eigenvalue weighted by Crippen LogP contribution is -2.41. The molecule has 0 amide bonds. The zero-order valence-corrected chi connectivity index (χ0v) is 11.3. The summed E-state index contributed by atoms with van der Waals surface area (Å²) < 4.78 is 4.81. The molecule has 0 radical (unpaired) electrons. The van der Waals surface area contributed by atoms with Crippen LogP contribution in [0.15, 0.2) is 30.3 Å². The molecule has 1 aliphatic rings. The van der Waals surface area contributed by atoms with Gasteiger partial charge in [-0.1, -0.05) is 42.5 Å². The van der Waals surface area contributed by atoms with E-state index in [2.05, 4.69) is 17.0 Å². The van der Waals surface area contributed by atoms with Gasteiger partial charge >= 0.3 is 5.97 Å². The predicted molar refractivity (Wildman–Crippen MR) is 74.2 cm³/mol. The first-order valence-electron chi connectivity index (χ1n) is 6.10. The van der Waals surface area contributed by atoms with Gasteiger partial charge in [0.25, 0.3) is 0 Å². The van der Waals surface area contributed by atoms with Crippen molar-refractivity contribution in [1.82, 2.24) is 4.90 Å². The average Bonchev–Trinajstić information content (AvgIpc) is 2.41. The molecule has 1 aromatic rings. The highest BCUT2D eigenvalue weighted by molar-refractivity contribution is 7.80. The minimum atomic E-state index is -0.129. The fourth-order valence-electron chi connectivity index (χ4n) is 2.23. The zero-order valence-electron chi connectivity index (χ0n) is 10.5. The summed E-state index contributed by atoms with van der Waals surface area (Å²) in [5.41, 5.74) is 1.21. The second kappa shape index (κ2) is 5.96. The molecule has 0 saturated carbocycles. The molecule has 4 heteroatoms. The molecule has 1 saturated heterocycles. The number of hydrogen-bond donors (Lipinski definition) is 0. The van der Waals surface area contributed by atoms with E-state index in [-0.39, 0.29) is 11.9 Å². The number of likely N-dealkylation sites (tertiary alicyclic amines) is 1. The smallest absolute Gasteiger partial charge is 0.310 e. The SMILES string of the molecule is COC(=O)C1CCC(=S)N(Cc2ccccc2)C1. The molecule has 1 atom stereocenters. The van der Waals surface area contributed by atoms with Gasteiger partial charge in [-0.2, -0.15) is 0 Å². The third-order valence-corrected chi connectivity index (χ3v) is 3.71. The van der Waals surface area contributed by atoms with Crippen molar-refractivity contribution >= 4 is 23.2 Å². The van der Waals surface area contributed by atoms with Gasteiger partial charge in [-0.3, -0.25) is 4.79 Å². The molecule has 1 aliphatic heterocycles. The van der Waals surface area contributed by atoms with Crippen LogP contribution in [0.3, 0.4) is 0 Å². The number of carbonyl (C=O) groups is 1. The van der Waals surface area contributed by atoms with E-state index in [0.29, 0.717) is 6.54 Å². The molecular formula is C14H17NO2S. The van der Waals surface area contributed by atoms with Crippen molar-refractivity contribution in [1.29, 1.82) is 0 Å². The van der Waals surface area contributed by atoms with Crippen LogP contribution in [-0.2, 0) is 16.1 Å². The molecule has 1 heterocycles. The highest BCUT2D eigenvalue weighted by Gasteiger charge is 2.28. The summed E-state index contributed by atoms with van der Waals surface area (Å²) in [6.07, 6.45) is 1.60. The van der Waals surface area contributed by atoms with Gasteiger partial charge < -0.3 is 9.64 Å². The molecule has 0 N–H and O–H groups in total. The molecule has 0 aliphatic carbocycles. The molecule has 1 unspecified atom stereocenters. The molecule has 18 heavy (non-hydrogen) atoms. The first kappa shape index (κ1) is 13.0. The topological polar surface area (TPSA) is 29.5 Å². The lowest BCUT2D eigenvalue weighted by atomic mass is 9.97. The number of hydrogen-bond acceptors (Lipinski definition) is 3. The van der Waals surface area contributed by atoms with Crippen molar-refractivity contribution in [3.8, 4) is 0 Å². The van der Waals surface area contributed by atoms with Crippen LogP contribution in [0.5, 0.6) is 0 Å². The maximum Gasteiger partial charge on any atom is 0.310 e. The highest BCUT2D eigenvalue weighted by Crippen LogP contribution is 2.21. The Kier molecular flexibility index (Phi) is 4.31. The molecule has 0 spiro atoms. The lowest BCUT2D eigenvalue weighted by molar-refractivity contribution is -0.146. The number of benzene rings is 1. The Hall–Kier alpha value is -1.42. The second-order valence-corrected chi connectivity index (χ2v) is 4.99. The van der Waals surface area contributed by atoms with Gasteiger partial charge in [0.15, 0.2) is 0 Å². The summed E-state index contributed by atoms with van der Waals surface area (Å²) in [5.74, 6) is -0.180. The van der Waals surface area contributed by atoms with E-state index in [1.54, 1.807) is 0 Å². The molecule has 2 rings (SSSR count). The Balaban J connectivity index is 2.02. The maximum absolute atomic E-state index is 11.6. The number of esters is 1.